The summed E-state index contributed by atoms with van der Waals surface area (Å²) in [6, 6.07) is 9.84. The molecular formula is C20H21N3O5. The lowest BCUT2D eigenvalue weighted by atomic mass is 9.97. The van der Waals surface area contributed by atoms with Crippen LogP contribution in [0, 0.1) is 11.3 Å². The van der Waals surface area contributed by atoms with E-state index in [0.717, 1.165) is 5.56 Å². The topological polar surface area (TPSA) is 105 Å². The second-order valence-electron chi connectivity index (χ2n) is 6.19. The van der Waals surface area contributed by atoms with Crippen molar-refractivity contribution in [1.29, 1.82) is 5.26 Å². The summed E-state index contributed by atoms with van der Waals surface area (Å²) in [4.78, 5) is 18.8. The number of carbonyl (C=O) groups excluding carboxylic acids is 1. The highest BCUT2D eigenvalue weighted by Gasteiger charge is 2.37. The maximum Gasteiger partial charge on any atom is 0.256 e. The molecule has 1 aromatic carbocycles. The van der Waals surface area contributed by atoms with Crippen LogP contribution in [0.25, 0.3) is 0 Å². The molecule has 1 aromatic heterocycles. The number of aliphatic hydroxyl groups is 1. The number of methoxy groups -OCH3 is 2. The third kappa shape index (κ3) is 3.76. The van der Waals surface area contributed by atoms with E-state index in [2.05, 4.69) is 4.98 Å². The number of aromatic nitrogens is 1. The maximum atomic E-state index is 13.1. The first kappa shape index (κ1) is 19.6. The summed E-state index contributed by atoms with van der Waals surface area (Å²) < 4.78 is 16.3. The number of rotatable bonds is 5. The number of hydrogen-bond acceptors (Lipinski definition) is 7. The molecule has 0 saturated carbocycles. The van der Waals surface area contributed by atoms with Crippen LogP contribution >= 0.6 is 0 Å². The fourth-order valence-electron chi connectivity index (χ4n) is 3.30. The van der Waals surface area contributed by atoms with Gasteiger partial charge in [-0.05, 0) is 29.8 Å². The van der Waals surface area contributed by atoms with Gasteiger partial charge in [0.25, 0.3) is 5.91 Å². The molecule has 28 heavy (non-hydrogen) atoms. The van der Waals surface area contributed by atoms with E-state index in [1.807, 2.05) is 12.1 Å². The number of aliphatic hydroxyl groups excluding tert-OH is 1. The zero-order chi connectivity index (χ0) is 20.1. The van der Waals surface area contributed by atoms with Gasteiger partial charge in [-0.15, -0.1) is 0 Å². The third-order valence-corrected chi connectivity index (χ3v) is 4.67. The summed E-state index contributed by atoms with van der Waals surface area (Å²) >= 11 is 0. The second-order valence-corrected chi connectivity index (χ2v) is 6.19. The van der Waals surface area contributed by atoms with Gasteiger partial charge in [0, 0.05) is 12.7 Å². The Labute approximate surface area is 162 Å². The van der Waals surface area contributed by atoms with Gasteiger partial charge in [0.15, 0.2) is 11.5 Å². The molecule has 2 heterocycles. The Hall–Kier alpha value is -3.15. The number of morpholine rings is 1. The molecule has 1 aliphatic rings. The first-order valence-corrected chi connectivity index (χ1v) is 8.74. The zero-order valence-corrected chi connectivity index (χ0v) is 15.7. The summed E-state index contributed by atoms with van der Waals surface area (Å²) in [7, 11) is 3.08. The number of hydrogen-bond donors (Lipinski definition) is 1. The normalized spacial score (nSPS) is 19.0. The Kier molecular flexibility index (Phi) is 6.09. The summed E-state index contributed by atoms with van der Waals surface area (Å²) in [5.41, 5.74) is 1.36. The van der Waals surface area contributed by atoms with E-state index < -0.39 is 12.1 Å². The summed E-state index contributed by atoms with van der Waals surface area (Å²) in [6.07, 6.45) is 0.804. The van der Waals surface area contributed by atoms with E-state index in [0.29, 0.717) is 30.2 Å². The van der Waals surface area contributed by atoms with E-state index in [1.54, 1.807) is 30.2 Å². The number of amides is 1. The van der Waals surface area contributed by atoms with Crippen LogP contribution in [-0.2, 0) is 4.74 Å². The minimum Gasteiger partial charge on any atom is -0.493 e. The zero-order valence-electron chi connectivity index (χ0n) is 15.7. The first-order chi connectivity index (χ1) is 13.6. The van der Waals surface area contributed by atoms with Gasteiger partial charge in [-0.25, -0.2) is 4.98 Å². The van der Waals surface area contributed by atoms with E-state index in [9.17, 15) is 9.90 Å². The Balaban J connectivity index is 1.98. The fourth-order valence-corrected chi connectivity index (χ4v) is 3.30. The lowest BCUT2D eigenvalue weighted by Gasteiger charge is -2.41. The van der Waals surface area contributed by atoms with Gasteiger partial charge in [-0.2, -0.15) is 5.26 Å². The van der Waals surface area contributed by atoms with Crippen LogP contribution in [0.4, 0.5) is 0 Å². The van der Waals surface area contributed by atoms with Gasteiger partial charge < -0.3 is 24.2 Å². The Morgan fingerprint density at radius 2 is 2.11 bits per heavy atom. The van der Waals surface area contributed by atoms with Crippen LogP contribution in [0.3, 0.4) is 0 Å². The summed E-state index contributed by atoms with van der Waals surface area (Å²) in [5.74, 6) is 0.839. The van der Waals surface area contributed by atoms with Crippen LogP contribution in [0.2, 0.25) is 0 Å². The van der Waals surface area contributed by atoms with E-state index >= 15 is 0 Å². The molecule has 0 unspecified atom stereocenters. The molecular weight excluding hydrogens is 362 g/mol. The van der Waals surface area contributed by atoms with E-state index in [4.69, 9.17) is 19.5 Å². The van der Waals surface area contributed by atoms with Gasteiger partial charge in [-0.3, -0.25) is 4.79 Å². The predicted molar refractivity (Wildman–Crippen MR) is 99.1 cm³/mol. The molecule has 1 aliphatic heterocycles. The average Bonchev–Trinajstić information content (AvgIpc) is 2.77. The molecule has 8 heteroatoms. The van der Waals surface area contributed by atoms with Crippen molar-refractivity contribution in [3.05, 3.63) is 53.3 Å². The maximum absolute atomic E-state index is 13.1. The van der Waals surface area contributed by atoms with Crippen LogP contribution in [0.1, 0.15) is 27.7 Å². The van der Waals surface area contributed by atoms with Crippen molar-refractivity contribution in [3.8, 4) is 17.6 Å². The molecule has 0 bridgehead atoms. The molecule has 1 amide bonds. The van der Waals surface area contributed by atoms with Crippen LogP contribution in [-0.4, -0.2) is 61.0 Å². The van der Waals surface area contributed by atoms with Gasteiger partial charge in [0.05, 0.1) is 39.0 Å². The number of nitriles is 1. The molecule has 1 saturated heterocycles. The first-order valence-electron chi connectivity index (χ1n) is 8.74. The van der Waals surface area contributed by atoms with E-state index in [1.165, 1.54) is 19.4 Å². The quantitative estimate of drug-likeness (QED) is 0.835. The minimum atomic E-state index is -0.581. The molecule has 0 aliphatic carbocycles. The van der Waals surface area contributed by atoms with Crippen molar-refractivity contribution in [2.75, 3.05) is 34.0 Å². The lowest BCUT2D eigenvalue weighted by Crippen LogP contribution is -2.49. The number of benzene rings is 1. The smallest absolute Gasteiger partial charge is 0.256 e. The van der Waals surface area contributed by atoms with Gasteiger partial charge in [0.1, 0.15) is 17.9 Å². The average molecular weight is 383 g/mol. The highest BCUT2D eigenvalue weighted by molar-refractivity contribution is 5.94. The number of carbonyl (C=O) groups is 1. The molecule has 8 nitrogen and oxygen atoms in total. The van der Waals surface area contributed by atoms with Crippen LogP contribution in [0.5, 0.6) is 11.5 Å². The van der Waals surface area contributed by atoms with Crippen LogP contribution < -0.4 is 9.47 Å². The second kappa shape index (κ2) is 8.69. The molecule has 2 atom stereocenters. The monoisotopic (exact) mass is 383 g/mol. The predicted octanol–water partition coefficient (Wildman–Crippen LogP) is 1.55. The minimum absolute atomic E-state index is 0.239. The molecule has 146 valence electrons. The summed E-state index contributed by atoms with van der Waals surface area (Å²) in [6.45, 7) is 0.424. The van der Waals surface area contributed by atoms with Crippen molar-refractivity contribution in [2.45, 2.75) is 12.1 Å². The third-order valence-electron chi connectivity index (χ3n) is 4.67. The molecule has 2 aromatic rings. The Morgan fingerprint density at radius 1 is 1.32 bits per heavy atom. The highest BCUT2D eigenvalue weighted by atomic mass is 16.5. The van der Waals surface area contributed by atoms with Crippen molar-refractivity contribution in [3.63, 3.8) is 0 Å². The Morgan fingerprint density at radius 3 is 2.71 bits per heavy atom. The standard InChI is InChI=1S/C20H21N3O5/c1-26-16-6-4-13(9-17(16)27-2)19-18(12-24)28-8-7-23(19)20(25)14-3-5-15(10-21)22-11-14/h3-6,9,11,18-19,24H,7-8,12H2,1-2H3/t18-,19-/m0/s1. The highest BCUT2D eigenvalue weighted by Crippen LogP contribution is 2.36. The van der Waals surface area contributed by atoms with Crippen molar-refractivity contribution >= 4 is 5.91 Å². The summed E-state index contributed by atoms with van der Waals surface area (Å²) in [5, 5.41) is 18.7. The SMILES string of the molecule is COc1ccc([C@H]2[C@H](CO)OCCN2C(=O)c2ccc(C#N)nc2)cc1OC. The van der Waals surface area contributed by atoms with Gasteiger partial charge >= 0.3 is 0 Å². The molecule has 1 N–H and O–H groups in total. The van der Waals surface area contributed by atoms with Gasteiger partial charge in [-0.1, -0.05) is 6.07 Å². The van der Waals surface area contributed by atoms with Gasteiger partial charge in [0.2, 0.25) is 0 Å². The molecule has 0 radical (unpaired) electrons. The number of ether oxygens (including phenoxy) is 3. The molecule has 0 spiro atoms. The van der Waals surface area contributed by atoms with Crippen molar-refractivity contribution in [1.82, 2.24) is 9.88 Å². The van der Waals surface area contributed by atoms with Crippen molar-refractivity contribution in [2.24, 2.45) is 0 Å². The number of nitrogens with zero attached hydrogens (tertiary/aromatic N) is 3. The van der Waals surface area contributed by atoms with Crippen LogP contribution in [0.15, 0.2) is 36.5 Å². The fraction of sp³-hybridized carbons (Fsp3) is 0.350. The molecule has 1 fully saturated rings. The lowest BCUT2D eigenvalue weighted by molar-refractivity contribution is -0.0811. The Bertz CT molecular complexity index is 878. The number of pyridine rings is 1. The van der Waals surface area contributed by atoms with E-state index in [-0.39, 0.29) is 18.2 Å². The van der Waals surface area contributed by atoms with Crippen molar-refractivity contribution < 1.29 is 24.1 Å². The molecule has 3 rings (SSSR count). The largest absolute Gasteiger partial charge is 0.493 e.